The maximum absolute atomic E-state index is 11.9. The van der Waals surface area contributed by atoms with E-state index >= 15 is 0 Å². The Morgan fingerprint density at radius 1 is 1.24 bits per heavy atom. The molecule has 0 saturated carbocycles. The van der Waals surface area contributed by atoms with Gasteiger partial charge in [-0.3, -0.25) is 4.79 Å². The zero-order valence-electron chi connectivity index (χ0n) is 9.75. The van der Waals surface area contributed by atoms with Crippen LogP contribution < -0.4 is 56.1 Å². The summed E-state index contributed by atoms with van der Waals surface area (Å²) in [5, 5.41) is 0. The Morgan fingerprint density at radius 2 is 1.76 bits per heavy atom. The van der Waals surface area contributed by atoms with E-state index in [9.17, 15) is 17.7 Å². The molecule has 1 aromatic rings. The summed E-state index contributed by atoms with van der Waals surface area (Å²) in [5.74, 6) is 0.166. The fourth-order valence-electron chi connectivity index (χ4n) is 1.18. The van der Waals surface area contributed by atoms with Gasteiger partial charge < -0.3 is 17.7 Å². The first-order valence-corrected chi connectivity index (χ1v) is 4.79. The van der Waals surface area contributed by atoms with Crippen LogP contribution in [0.4, 0.5) is 12.9 Å². The molecule has 0 unspecified atom stereocenters. The van der Waals surface area contributed by atoms with Gasteiger partial charge in [0.15, 0.2) is 0 Å². The smallest absolute Gasteiger partial charge is 0.522 e. The number of carbonyl (C=O) groups is 1. The van der Waals surface area contributed by atoms with Crippen molar-refractivity contribution < 1.29 is 73.9 Å². The molecule has 0 aliphatic carbocycles. The van der Waals surface area contributed by atoms with Gasteiger partial charge in [-0.05, 0) is 24.6 Å². The largest absolute Gasteiger partial charge is 1.00 e. The third-order valence-electron chi connectivity index (χ3n) is 1.82. The Bertz CT molecular complexity index is 365. The van der Waals surface area contributed by atoms with Gasteiger partial charge in [0, 0.05) is 6.42 Å². The summed E-state index contributed by atoms with van der Waals surface area (Å²) in [6.45, 7) is -4.72. The van der Waals surface area contributed by atoms with Crippen LogP contribution >= 0.6 is 0 Å². The van der Waals surface area contributed by atoms with Crippen LogP contribution in [0, 0.1) is 0 Å². The van der Waals surface area contributed by atoms with Crippen molar-refractivity contribution in [2.45, 2.75) is 13.3 Å². The van der Waals surface area contributed by atoms with Gasteiger partial charge in [-0.2, -0.15) is 0 Å². The predicted molar refractivity (Wildman–Crippen MR) is 55.4 cm³/mol. The summed E-state index contributed by atoms with van der Waals surface area (Å²) >= 11 is 0. The summed E-state index contributed by atoms with van der Waals surface area (Å²) in [4.78, 5) is 10.8. The number of benzene rings is 1. The third-order valence-corrected chi connectivity index (χ3v) is 1.82. The van der Waals surface area contributed by atoms with E-state index in [1.165, 1.54) is 19.1 Å². The molecule has 0 atom stereocenters. The van der Waals surface area contributed by atoms with Crippen LogP contribution in [0.25, 0.3) is 0 Å². The quantitative estimate of drug-likeness (QED) is 0.680. The zero-order chi connectivity index (χ0) is 12.2. The van der Waals surface area contributed by atoms with Crippen LogP contribution in [0.15, 0.2) is 24.3 Å². The van der Waals surface area contributed by atoms with Gasteiger partial charge in [-0.25, -0.2) is 0 Å². The molecule has 0 aromatic heterocycles. The second-order valence-electron chi connectivity index (χ2n) is 3.54. The molecule has 0 aliphatic heterocycles. The Labute approximate surface area is 140 Å². The molecular weight excluding hydrogens is 259 g/mol. The van der Waals surface area contributed by atoms with E-state index in [-0.39, 0.29) is 69.3 Å². The van der Waals surface area contributed by atoms with E-state index in [1.54, 1.807) is 12.1 Å². The Balaban J connectivity index is 0.00000256. The summed E-state index contributed by atoms with van der Waals surface area (Å²) in [7, 11) is 0. The molecule has 0 spiro atoms. The molecule has 0 saturated heterocycles. The first-order chi connectivity index (χ1) is 7.37. The molecule has 0 heterocycles. The van der Waals surface area contributed by atoms with Crippen molar-refractivity contribution in [3.63, 3.8) is 0 Å². The number of carbonyl (C=O) groups excluding carboxylic acids is 1. The fourth-order valence-corrected chi connectivity index (χ4v) is 1.18. The van der Waals surface area contributed by atoms with Crippen molar-refractivity contribution in [3.8, 4) is 5.75 Å². The number of rotatable bonds is 5. The number of Topliss-reactive ketones (excluding diaryl/α,β-unsaturated/α-hetero) is 1. The first-order valence-electron chi connectivity index (χ1n) is 4.79. The van der Waals surface area contributed by atoms with Crippen LogP contribution in [0.2, 0.25) is 0 Å². The van der Waals surface area contributed by atoms with E-state index in [1.807, 2.05) is 0 Å². The number of hydrogen-bond acceptors (Lipinski definition) is 2. The van der Waals surface area contributed by atoms with E-state index in [0.717, 1.165) is 5.56 Å². The Kier molecular flexibility index (Phi) is 7.66. The molecule has 0 amide bonds. The average Bonchev–Trinajstić information content (AvgIpc) is 2.14. The van der Waals surface area contributed by atoms with Crippen LogP contribution in [0.1, 0.15) is 12.5 Å². The average molecular weight is 270 g/mol. The minimum absolute atomic E-state index is 0. The van der Waals surface area contributed by atoms with Gasteiger partial charge in [0.1, 0.15) is 11.5 Å². The molecule has 88 valence electrons. The van der Waals surface area contributed by atoms with E-state index in [2.05, 4.69) is 4.74 Å². The number of halogens is 3. The van der Waals surface area contributed by atoms with E-state index in [0.29, 0.717) is 0 Å². The maximum atomic E-state index is 11.9. The number of ketones is 1. The summed E-state index contributed by atoms with van der Waals surface area (Å²) < 4.78 is 40.2. The predicted octanol–water partition coefficient (Wildman–Crippen LogP) is -0.413. The topological polar surface area (TPSA) is 26.3 Å². The minimum atomic E-state index is -4.93. The van der Waals surface area contributed by atoms with Gasteiger partial charge in [0.2, 0.25) is 0 Å². The van der Waals surface area contributed by atoms with Crippen molar-refractivity contribution in [1.29, 1.82) is 0 Å². The van der Waals surface area contributed by atoms with Gasteiger partial charge in [-0.1, -0.05) is 12.1 Å². The van der Waals surface area contributed by atoms with Gasteiger partial charge >= 0.3 is 58.4 Å². The van der Waals surface area contributed by atoms with Crippen LogP contribution in [-0.2, 0) is 11.2 Å². The summed E-state index contributed by atoms with van der Waals surface area (Å²) in [5.41, 5.74) is 0.761. The molecule has 0 N–H and O–H groups in total. The molecule has 0 aliphatic rings. The van der Waals surface area contributed by atoms with E-state index in [4.69, 9.17) is 0 Å². The number of ether oxygens (including phenoxy) is 1. The minimum Gasteiger partial charge on any atom is -0.522 e. The molecule has 0 bridgehead atoms. The van der Waals surface area contributed by atoms with Crippen molar-refractivity contribution in [2.24, 2.45) is 0 Å². The van der Waals surface area contributed by atoms with Crippen molar-refractivity contribution >= 4 is 12.8 Å². The van der Waals surface area contributed by atoms with Crippen LogP contribution in [-0.4, -0.2) is 19.3 Å². The van der Waals surface area contributed by atoms with Crippen LogP contribution in [0.3, 0.4) is 0 Å². The van der Waals surface area contributed by atoms with Crippen LogP contribution in [0.5, 0.6) is 5.75 Å². The molecule has 7 heteroatoms. The van der Waals surface area contributed by atoms with Crippen molar-refractivity contribution in [2.75, 3.05) is 6.51 Å². The summed E-state index contributed by atoms with van der Waals surface area (Å²) in [6, 6.07) is 6.03. The van der Waals surface area contributed by atoms with E-state index < -0.39 is 13.5 Å². The second-order valence-corrected chi connectivity index (χ2v) is 3.54. The van der Waals surface area contributed by atoms with Gasteiger partial charge in [-0.15, -0.1) is 0 Å². The van der Waals surface area contributed by atoms with Crippen molar-refractivity contribution in [1.82, 2.24) is 0 Å². The normalized spacial score (nSPS) is 10.6. The number of hydrogen-bond donors (Lipinski definition) is 0. The molecule has 1 rings (SSSR count). The molecule has 17 heavy (non-hydrogen) atoms. The Morgan fingerprint density at radius 3 is 2.18 bits per heavy atom. The standard InChI is InChI=1S/C10H11BF3O2.K/c1-8(15)6-9-2-4-10(5-3-9)16-7-11(12,13)14;/h2-5H,6-7H2,1H3;/q-1;+1. The summed E-state index contributed by atoms with van der Waals surface area (Å²) in [6.07, 6.45) is 0.281. The molecule has 1 aromatic carbocycles. The third kappa shape index (κ3) is 7.99. The van der Waals surface area contributed by atoms with Gasteiger partial charge in [0.25, 0.3) is 0 Å². The first kappa shape index (κ1) is 17.2. The monoisotopic (exact) mass is 270 g/mol. The molecule has 0 fully saturated rings. The molecular formula is C10H11BF3KO2. The van der Waals surface area contributed by atoms with Crippen molar-refractivity contribution in [3.05, 3.63) is 29.8 Å². The fraction of sp³-hybridized carbons (Fsp3) is 0.300. The maximum Gasteiger partial charge on any atom is 1.00 e. The SMILES string of the molecule is CC(=O)Cc1ccc(OC[B-](F)(F)F)cc1.[K+]. The molecule has 2 nitrogen and oxygen atoms in total. The zero-order valence-corrected chi connectivity index (χ0v) is 12.9. The molecule has 0 radical (unpaired) electrons. The van der Waals surface area contributed by atoms with Gasteiger partial charge in [0.05, 0.1) is 6.51 Å². The Hall–Kier alpha value is 0.181. The second kappa shape index (κ2) is 7.58.